The van der Waals surface area contributed by atoms with Gasteiger partial charge in [0.05, 0.1) is 0 Å². The molecule has 0 bridgehead atoms. The third kappa shape index (κ3) is 4.86. The summed E-state index contributed by atoms with van der Waals surface area (Å²) in [5, 5.41) is 15.6. The van der Waals surface area contributed by atoms with Gasteiger partial charge in [0.1, 0.15) is 5.01 Å². The van der Waals surface area contributed by atoms with Gasteiger partial charge in [0.25, 0.3) is 11.8 Å². The fourth-order valence-electron chi connectivity index (χ4n) is 3.47. The maximum absolute atomic E-state index is 12.5. The first-order valence-corrected chi connectivity index (χ1v) is 10.6. The summed E-state index contributed by atoms with van der Waals surface area (Å²) in [6.45, 7) is 0. The molecular formula is C22H22N4O2S. The second-order valence-corrected chi connectivity index (χ2v) is 8.14. The van der Waals surface area contributed by atoms with E-state index in [1.807, 2.05) is 18.2 Å². The number of aromatic nitrogens is 2. The smallest absolute Gasteiger partial charge is 0.257 e. The number of carbonyl (C=O) groups is 2. The average molecular weight is 407 g/mol. The molecule has 1 aliphatic rings. The van der Waals surface area contributed by atoms with Crippen molar-refractivity contribution in [1.29, 1.82) is 0 Å². The molecule has 1 aromatic heterocycles. The Hall–Kier alpha value is -3.06. The van der Waals surface area contributed by atoms with Crippen molar-refractivity contribution >= 4 is 34.0 Å². The number of rotatable bonds is 5. The van der Waals surface area contributed by atoms with E-state index >= 15 is 0 Å². The van der Waals surface area contributed by atoms with E-state index in [1.54, 1.807) is 36.4 Å². The van der Waals surface area contributed by atoms with Gasteiger partial charge in [0, 0.05) is 22.7 Å². The average Bonchev–Trinajstić information content (AvgIpc) is 3.24. The Labute approximate surface area is 173 Å². The van der Waals surface area contributed by atoms with Gasteiger partial charge in [-0.3, -0.25) is 14.9 Å². The molecule has 6 nitrogen and oxygen atoms in total. The molecule has 3 aromatic rings. The molecule has 1 aliphatic carbocycles. The van der Waals surface area contributed by atoms with E-state index in [0.717, 1.165) is 17.8 Å². The van der Waals surface area contributed by atoms with Gasteiger partial charge in [0.15, 0.2) is 0 Å². The van der Waals surface area contributed by atoms with Gasteiger partial charge >= 0.3 is 0 Å². The van der Waals surface area contributed by atoms with Crippen LogP contribution in [0.15, 0.2) is 54.6 Å². The van der Waals surface area contributed by atoms with Crippen LogP contribution < -0.4 is 10.6 Å². The molecule has 0 saturated heterocycles. The van der Waals surface area contributed by atoms with Crippen LogP contribution >= 0.6 is 11.3 Å². The highest BCUT2D eigenvalue weighted by molar-refractivity contribution is 7.15. The Morgan fingerprint density at radius 3 is 2.17 bits per heavy atom. The Balaban J connectivity index is 1.36. The van der Waals surface area contributed by atoms with Gasteiger partial charge in [-0.05, 0) is 49.2 Å². The molecule has 1 fully saturated rings. The Morgan fingerprint density at radius 1 is 0.793 bits per heavy atom. The van der Waals surface area contributed by atoms with Gasteiger partial charge in [0.2, 0.25) is 5.13 Å². The zero-order chi connectivity index (χ0) is 20.1. The molecule has 0 radical (unpaired) electrons. The lowest BCUT2D eigenvalue weighted by Gasteiger charge is -2.18. The minimum Gasteiger partial charge on any atom is -0.322 e. The summed E-state index contributed by atoms with van der Waals surface area (Å²) < 4.78 is 0. The predicted molar refractivity (Wildman–Crippen MR) is 115 cm³/mol. The van der Waals surface area contributed by atoms with Gasteiger partial charge in [-0.1, -0.05) is 48.8 Å². The lowest BCUT2D eigenvalue weighted by Crippen LogP contribution is -2.13. The highest BCUT2D eigenvalue weighted by Gasteiger charge is 2.20. The fourth-order valence-corrected chi connectivity index (χ4v) is 4.37. The first-order valence-electron chi connectivity index (χ1n) is 9.80. The van der Waals surface area contributed by atoms with Crippen LogP contribution in [0.25, 0.3) is 0 Å². The Kier molecular flexibility index (Phi) is 5.95. The number of benzene rings is 2. The summed E-state index contributed by atoms with van der Waals surface area (Å²) in [5.41, 5.74) is 1.71. The molecule has 4 rings (SSSR count). The molecule has 1 saturated carbocycles. The van der Waals surface area contributed by atoms with Crippen molar-refractivity contribution < 1.29 is 9.59 Å². The highest BCUT2D eigenvalue weighted by atomic mass is 32.1. The summed E-state index contributed by atoms with van der Waals surface area (Å²) in [6, 6.07) is 15.8. The van der Waals surface area contributed by atoms with Gasteiger partial charge in [-0.25, -0.2) is 0 Å². The molecule has 1 heterocycles. The van der Waals surface area contributed by atoms with Crippen LogP contribution in [0.2, 0.25) is 0 Å². The Bertz CT molecular complexity index is 980. The lowest BCUT2D eigenvalue weighted by molar-refractivity contribution is 0.102. The third-order valence-corrected chi connectivity index (χ3v) is 6.06. The standard InChI is InChI=1S/C22H22N4O2S/c27-19(15-7-3-1-4-8-15)23-18-13-11-16(12-14-18)20(28)24-22-26-25-21(29-22)17-9-5-2-6-10-17/h1,3-4,7-8,11-14,17H,2,5-6,9-10H2,(H,23,27)(H,24,26,28). The van der Waals surface area contributed by atoms with Crippen LogP contribution in [0.3, 0.4) is 0 Å². The maximum atomic E-state index is 12.5. The van der Waals surface area contributed by atoms with Crippen molar-refractivity contribution in [2.45, 2.75) is 38.0 Å². The van der Waals surface area contributed by atoms with Crippen LogP contribution in [0, 0.1) is 0 Å². The quantitative estimate of drug-likeness (QED) is 0.618. The van der Waals surface area contributed by atoms with E-state index in [2.05, 4.69) is 20.8 Å². The van der Waals surface area contributed by atoms with Crippen molar-refractivity contribution in [3.63, 3.8) is 0 Å². The number of hydrogen-bond acceptors (Lipinski definition) is 5. The van der Waals surface area contributed by atoms with Crippen molar-refractivity contribution in [1.82, 2.24) is 10.2 Å². The second kappa shape index (κ2) is 8.96. The largest absolute Gasteiger partial charge is 0.322 e. The van der Waals surface area contributed by atoms with E-state index < -0.39 is 0 Å². The zero-order valence-electron chi connectivity index (χ0n) is 15.9. The van der Waals surface area contributed by atoms with E-state index in [0.29, 0.717) is 27.9 Å². The number of anilines is 2. The normalized spacial score (nSPS) is 14.3. The predicted octanol–water partition coefficient (Wildman–Crippen LogP) is 5.09. The van der Waals surface area contributed by atoms with Crippen molar-refractivity contribution in [2.75, 3.05) is 10.6 Å². The molecule has 2 aromatic carbocycles. The molecule has 0 aliphatic heterocycles. The van der Waals surface area contributed by atoms with E-state index in [1.165, 1.54) is 30.6 Å². The summed E-state index contributed by atoms with van der Waals surface area (Å²) in [4.78, 5) is 24.7. The van der Waals surface area contributed by atoms with E-state index in [9.17, 15) is 9.59 Å². The summed E-state index contributed by atoms with van der Waals surface area (Å²) in [5.74, 6) is 0.0450. The van der Waals surface area contributed by atoms with Crippen LogP contribution in [-0.2, 0) is 0 Å². The van der Waals surface area contributed by atoms with Crippen LogP contribution in [0.5, 0.6) is 0 Å². The minimum atomic E-state index is -0.239. The van der Waals surface area contributed by atoms with Crippen molar-refractivity contribution in [3.05, 3.63) is 70.7 Å². The zero-order valence-corrected chi connectivity index (χ0v) is 16.7. The van der Waals surface area contributed by atoms with Crippen LogP contribution in [0.4, 0.5) is 10.8 Å². The molecule has 0 unspecified atom stereocenters. The summed E-state index contributed by atoms with van der Waals surface area (Å²) in [6.07, 6.45) is 6.07. The third-order valence-electron chi connectivity index (χ3n) is 5.06. The van der Waals surface area contributed by atoms with Gasteiger partial charge in [-0.2, -0.15) is 0 Å². The fraction of sp³-hybridized carbons (Fsp3) is 0.273. The first-order chi connectivity index (χ1) is 14.2. The molecule has 7 heteroatoms. The maximum Gasteiger partial charge on any atom is 0.257 e. The highest BCUT2D eigenvalue weighted by Crippen LogP contribution is 2.35. The number of hydrogen-bond donors (Lipinski definition) is 2. The molecule has 0 atom stereocenters. The van der Waals surface area contributed by atoms with Gasteiger partial charge in [-0.15, -0.1) is 10.2 Å². The molecule has 148 valence electrons. The van der Waals surface area contributed by atoms with E-state index in [-0.39, 0.29) is 11.8 Å². The van der Waals surface area contributed by atoms with Crippen molar-refractivity contribution in [3.8, 4) is 0 Å². The number of nitrogens with zero attached hydrogens (tertiary/aromatic N) is 2. The monoisotopic (exact) mass is 406 g/mol. The number of nitrogens with one attached hydrogen (secondary N) is 2. The lowest BCUT2D eigenvalue weighted by atomic mass is 9.90. The molecule has 2 N–H and O–H groups in total. The SMILES string of the molecule is O=C(Nc1ccc(C(=O)Nc2nnc(C3CCCCC3)s2)cc1)c1ccccc1. The minimum absolute atomic E-state index is 0.188. The topological polar surface area (TPSA) is 84.0 Å². The molecule has 2 amide bonds. The first kappa shape index (κ1) is 19.3. The molecule has 0 spiro atoms. The molecular weight excluding hydrogens is 384 g/mol. The summed E-state index contributed by atoms with van der Waals surface area (Å²) >= 11 is 1.46. The van der Waals surface area contributed by atoms with Crippen LogP contribution in [0.1, 0.15) is 63.7 Å². The van der Waals surface area contributed by atoms with Crippen molar-refractivity contribution in [2.24, 2.45) is 0 Å². The number of amides is 2. The van der Waals surface area contributed by atoms with Crippen LogP contribution in [-0.4, -0.2) is 22.0 Å². The van der Waals surface area contributed by atoms with E-state index in [4.69, 9.17) is 0 Å². The summed E-state index contributed by atoms with van der Waals surface area (Å²) in [7, 11) is 0. The Morgan fingerprint density at radius 2 is 1.45 bits per heavy atom. The van der Waals surface area contributed by atoms with Gasteiger partial charge < -0.3 is 5.32 Å². The number of carbonyl (C=O) groups excluding carboxylic acids is 2. The molecule has 29 heavy (non-hydrogen) atoms. The second-order valence-electron chi connectivity index (χ2n) is 7.13.